The Morgan fingerprint density at radius 1 is 0.690 bits per heavy atom. The van der Waals surface area contributed by atoms with E-state index in [0.29, 0.717) is 28.4 Å². The Kier molecular flexibility index (Phi) is 7.27. The van der Waals surface area contributed by atoms with Crippen molar-refractivity contribution in [2.75, 3.05) is 14.2 Å². The maximum absolute atomic E-state index is 14.0. The third-order valence-electron chi connectivity index (χ3n) is 8.03. The highest BCUT2D eigenvalue weighted by molar-refractivity contribution is 5.90. The minimum atomic E-state index is -1.00. The minimum absolute atomic E-state index is 0.375. The number of hydrogen-bond acceptors (Lipinski definition) is 7. The van der Waals surface area contributed by atoms with Gasteiger partial charge in [0.1, 0.15) is 23.6 Å². The lowest BCUT2D eigenvalue weighted by atomic mass is 9.52. The molecule has 2 atom stereocenters. The summed E-state index contributed by atoms with van der Waals surface area (Å²) in [6.45, 7) is 0. The van der Waals surface area contributed by atoms with E-state index in [2.05, 4.69) is 9.97 Å². The smallest absolute Gasteiger partial charge is 0.315 e. The molecule has 0 aliphatic heterocycles. The molecule has 0 spiro atoms. The number of carbonyl (C=O) groups excluding carboxylic acids is 1. The Morgan fingerprint density at radius 2 is 1.26 bits per heavy atom. The highest BCUT2D eigenvalue weighted by Crippen LogP contribution is 2.60. The van der Waals surface area contributed by atoms with Crippen LogP contribution >= 0.6 is 0 Å². The maximum atomic E-state index is 14.0. The molecule has 2 unspecified atom stereocenters. The van der Waals surface area contributed by atoms with Gasteiger partial charge in [-0.2, -0.15) is 0 Å². The lowest BCUT2D eigenvalue weighted by Crippen LogP contribution is -2.52. The number of rotatable bonds is 8. The number of benzene rings is 4. The SMILES string of the molecule is COc1ccccc1C1[C@H](C(=O)O)C(c2ccccc2OC)[C@H]1C(=O)Oc1ccc2cc(-c3cncnc3)ccc2c1. The first kappa shape index (κ1) is 27.0. The predicted molar refractivity (Wildman–Crippen MR) is 157 cm³/mol. The first-order valence-corrected chi connectivity index (χ1v) is 13.5. The van der Waals surface area contributed by atoms with E-state index in [-0.39, 0.29) is 0 Å². The van der Waals surface area contributed by atoms with E-state index in [0.717, 1.165) is 21.9 Å². The van der Waals surface area contributed by atoms with Gasteiger partial charge in [-0.15, -0.1) is 0 Å². The first-order valence-electron chi connectivity index (χ1n) is 13.5. The Balaban J connectivity index is 1.37. The summed E-state index contributed by atoms with van der Waals surface area (Å²) >= 11 is 0. The molecule has 4 aromatic carbocycles. The summed E-state index contributed by atoms with van der Waals surface area (Å²) in [5.74, 6) is -3.13. The van der Waals surface area contributed by atoms with E-state index in [1.54, 1.807) is 30.6 Å². The van der Waals surface area contributed by atoms with Crippen LogP contribution in [0.2, 0.25) is 0 Å². The van der Waals surface area contributed by atoms with Gasteiger partial charge >= 0.3 is 11.9 Å². The van der Waals surface area contributed by atoms with Crippen LogP contribution in [0.15, 0.2) is 104 Å². The zero-order valence-corrected chi connectivity index (χ0v) is 23.0. The van der Waals surface area contributed by atoms with Crippen molar-refractivity contribution in [1.29, 1.82) is 0 Å². The standard InChI is InChI=1S/C34H28N2O6/c1-40-27-9-5-3-7-25(27)29-31(33(37)38)30(26-8-4-6-10-28(26)41-2)32(29)34(39)42-24-14-13-20-15-21(11-12-22(20)16-24)23-17-35-19-36-18-23/h3-19,29-32H,1-2H3,(H,37,38)/t29?,30?,31-,32-. The summed E-state index contributed by atoms with van der Waals surface area (Å²) in [4.78, 5) is 34.9. The van der Waals surface area contributed by atoms with E-state index < -0.39 is 35.6 Å². The van der Waals surface area contributed by atoms with Crippen LogP contribution in [0.3, 0.4) is 0 Å². The summed E-state index contributed by atoms with van der Waals surface area (Å²) in [5.41, 5.74) is 3.17. The minimum Gasteiger partial charge on any atom is -0.496 e. The van der Waals surface area contributed by atoms with Crippen molar-refractivity contribution in [3.63, 3.8) is 0 Å². The molecule has 1 aliphatic rings. The van der Waals surface area contributed by atoms with Crippen molar-refractivity contribution in [2.45, 2.75) is 11.8 Å². The zero-order valence-electron chi connectivity index (χ0n) is 23.0. The predicted octanol–water partition coefficient (Wildman–Crippen LogP) is 6.12. The molecular weight excluding hydrogens is 532 g/mol. The largest absolute Gasteiger partial charge is 0.496 e. The quantitative estimate of drug-likeness (QED) is 0.179. The molecule has 0 bridgehead atoms. The van der Waals surface area contributed by atoms with Gasteiger partial charge in [-0.1, -0.05) is 54.6 Å². The highest BCUT2D eigenvalue weighted by Gasteiger charge is 2.60. The van der Waals surface area contributed by atoms with Crippen LogP contribution in [0, 0.1) is 11.8 Å². The van der Waals surface area contributed by atoms with Gasteiger partial charge in [-0.3, -0.25) is 9.59 Å². The molecule has 1 heterocycles. The lowest BCUT2D eigenvalue weighted by Gasteiger charge is -2.49. The van der Waals surface area contributed by atoms with Gasteiger partial charge in [0.05, 0.1) is 26.1 Å². The number of methoxy groups -OCH3 is 2. The second-order valence-electron chi connectivity index (χ2n) is 10.2. The number of nitrogens with zero attached hydrogens (tertiary/aromatic N) is 2. The second kappa shape index (κ2) is 11.3. The van der Waals surface area contributed by atoms with Crippen LogP contribution in [-0.4, -0.2) is 41.2 Å². The topological polar surface area (TPSA) is 108 Å². The molecule has 1 aliphatic carbocycles. The Morgan fingerprint density at radius 3 is 1.86 bits per heavy atom. The number of esters is 1. The summed E-state index contributed by atoms with van der Waals surface area (Å²) in [6.07, 6.45) is 5.00. The molecule has 0 radical (unpaired) electrons. The van der Waals surface area contributed by atoms with Crippen molar-refractivity contribution < 1.29 is 28.9 Å². The van der Waals surface area contributed by atoms with Crippen LogP contribution in [0.25, 0.3) is 21.9 Å². The van der Waals surface area contributed by atoms with Gasteiger partial charge in [-0.25, -0.2) is 9.97 Å². The highest BCUT2D eigenvalue weighted by atomic mass is 16.5. The van der Waals surface area contributed by atoms with Crippen LogP contribution in [0.5, 0.6) is 17.2 Å². The number of carboxylic acids is 1. The number of fused-ring (bicyclic) bond motifs is 1. The van der Waals surface area contributed by atoms with Gasteiger partial charge in [0.25, 0.3) is 0 Å². The average Bonchev–Trinajstić information content (AvgIpc) is 3.01. The molecule has 1 saturated carbocycles. The molecule has 1 fully saturated rings. The molecule has 1 aromatic heterocycles. The number of hydrogen-bond donors (Lipinski definition) is 1. The van der Waals surface area contributed by atoms with E-state index in [1.807, 2.05) is 66.7 Å². The number of ether oxygens (including phenoxy) is 3. The Bertz CT molecular complexity index is 1720. The molecule has 0 amide bonds. The second-order valence-corrected chi connectivity index (χ2v) is 10.2. The van der Waals surface area contributed by atoms with Gasteiger partial charge in [-0.05, 0) is 57.8 Å². The monoisotopic (exact) mass is 560 g/mol. The fourth-order valence-electron chi connectivity index (χ4n) is 6.11. The molecule has 6 rings (SSSR count). The summed E-state index contributed by atoms with van der Waals surface area (Å²) < 4.78 is 17.1. The summed E-state index contributed by atoms with van der Waals surface area (Å²) in [6, 6.07) is 25.8. The summed E-state index contributed by atoms with van der Waals surface area (Å²) in [5, 5.41) is 12.2. The van der Waals surface area contributed by atoms with E-state index >= 15 is 0 Å². The number of carboxylic acid groups (broad SMARTS) is 1. The van der Waals surface area contributed by atoms with E-state index in [9.17, 15) is 14.7 Å². The van der Waals surface area contributed by atoms with Crippen molar-refractivity contribution in [3.8, 4) is 28.4 Å². The van der Waals surface area contributed by atoms with Gasteiger partial charge in [0, 0.05) is 29.8 Å². The molecular formula is C34H28N2O6. The van der Waals surface area contributed by atoms with Crippen molar-refractivity contribution in [2.24, 2.45) is 11.8 Å². The number of aromatic nitrogens is 2. The third kappa shape index (κ3) is 4.81. The van der Waals surface area contributed by atoms with Gasteiger partial charge in [0.2, 0.25) is 0 Å². The molecule has 8 nitrogen and oxygen atoms in total. The molecule has 5 aromatic rings. The molecule has 0 saturated heterocycles. The fourth-order valence-corrected chi connectivity index (χ4v) is 6.11. The van der Waals surface area contributed by atoms with Crippen molar-refractivity contribution >= 4 is 22.7 Å². The fraction of sp³-hybridized carbons (Fsp3) is 0.176. The van der Waals surface area contributed by atoms with Gasteiger partial charge in [0.15, 0.2) is 0 Å². The zero-order chi connectivity index (χ0) is 29.2. The van der Waals surface area contributed by atoms with Crippen LogP contribution in [-0.2, 0) is 9.59 Å². The third-order valence-corrected chi connectivity index (χ3v) is 8.03. The maximum Gasteiger partial charge on any atom is 0.315 e. The Hall–Kier alpha value is -5.24. The first-order chi connectivity index (χ1) is 20.5. The van der Waals surface area contributed by atoms with Crippen molar-refractivity contribution in [1.82, 2.24) is 9.97 Å². The normalized spacial score (nSPS) is 19.5. The molecule has 210 valence electrons. The number of carbonyl (C=O) groups is 2. The molecule has 8 heteroatoms. The molecule has 1 N–H and O–H groups in total. The van der Waals surface area contributed by atoms with Crippen LogP contribution in [0.4, 0.5) is 0 Å². The van der Waals surface area contributed by atoms with Gasteiger partial charge < -0.3 is 19.3 Å². The van der Waals surface area contributed by atoms with E-state index in [1.165, 1.54) is 20.5 Å². The number of aliphatic carboxylic acids is 1. The van der Waals surface area contributed by atoms with Crippen molar-refractivity contribution in [3.05, 3.63) is 115 Å². The lowest BCUT2D eigenvalue weighted by molar-refractivity contribution is -0.158. The summed E-state index contributed by atoms with van der Waals surface area (Å²) in [7, 11) is 3.06. The van der Waals surface area contributed by atoms with E-state index in [4.69, 9.17) is 14.2 Å². The van der Waals surface area contributed by atoms with Crippen LogP contribution in [0.1, 0.15) is 23.0 Å². The Labute approximate surface area is 242 Å². The average molecular weight is 561 g/mol. The van der Waals surface area contributed by atoms with Crippen LogP contribution < -0.4 is 14.2 Å². The molecule has 42 heavy (non-hydrogen) atoms. The number of para-hydroxylation sites is 2.